The Hall–Kier alpha value is -1.26. The topological polar surface area (TPSA) is 53.7 Å². The molecule has 1 aromatic carbocycles. The molecule has 0 fully saturated rings. The first kappa shape index (κ1) is 15.8. The number of nitrogens with two attached hydrogens (primary N) is 1. The standard InChI is InChI=1S/C15H25NO3/c1-12(2)6-7-18-8-9-19-15-5-4-14(17-3)10-13(15)11-16/h4-5,10,12H,6-9,11,16H2,1-3H3. The lowest BCUT2D eigenvalue weighted by Gasteiger charge is -2.12. The van der Waals surface area contributed by atoms with Crippen LogP contribution in [0.3, 0.4) is 0 Å². The second kappa shape index (κ2) is 8.77. The van der Waals surface area contributed by atoms with Crippen LogP contribution in [0.1, 0.15) is 25.8 Å². The molecule has 0 amide bonds. The van der Waals surface area contributed by atoms with Crippen molar-refractivity contribution in [2.45, 2.75) is 26.8 Å². The first-order chi connectivity index (χ1) is 9.17. The van der Waals surface area contributed by atoms with E-state index in [2.05, 4.69) is 13.8 Å². The lowest BCUT2D eigenvalue weighted by atomic mass is 10.1. The molecule has 2 N–H and O–H groups in total. The molecule has 1 rings (SSSR count). The number of benzene rings is 1. The molecule has 4 nitrogen and oxygen atoms in total. The average molecular weight is 267 g/mol. The third-order valence-electron chi connectivity index (χ3n) is 2.81. The highest BCUT2D eigenvalue weighted by Gasteiger charge is 2.04. The zero-order valence-electron chi connectivity index (χ0n) is 12.1. The van der Waals surface area contributed by atoms with Gasteiger partial charge in [0.2, 0.25) is 0 Å². The van der Waals surface area contributed by atoms with E-state index in [1.54, 1.807) is 7.11 Å². The number of hydrogen-bond donors (Lipinski definition) is 1. The van der Waals surface area contributed by atoms with Crippen molar-refractivity contribution in [3.63, 3.8) is 0 Å². The molecule has 0 aliphatic rings. The zero-order chi connectivity index (χ0) is 14.1. The fraction of sp³-hybridized carbons (Fsp3) is 0.600. The molecule has 0 unspecified atom stereocenters. The van der Waals surface area contributed by atoms with E-state index in [0.717, 1.165) is 30.1 Å². The Morgan fingerprint density at radius 2 is 1.95 bits per heavy atom. The predicted molar refractivity (Wildman–Crippen MR) is 76.7 cm³/mol. The van der Waals surface area contributed by atoms with Gasteiger partial charge in [-0.15, -0.1) is 0 Å². The van der Waals surface area contributed by atoms with Gasteiger partial charge < -0.3 is 19.9 Å². The summed E-state index contributed by atoms with van der Waals surface area (Å²) < 4.78 is 16.3. The van der Waals surface area contributed by atoms with Gasteiger partial charge >= 0.3 is 0 Å². The lowest BCUT2D eigenvalue weighted by molar-refractivity contribution is 0.0923. The summed E-state index contributed by atoms with van der Waals surface area (Å²) in [6.07, 6.45) is 1.08. The van der Waals surface area contributed by atoms with Crippen LogP contribution in [0, 0.1) is 5.92 Å². The third kappa shape index (κ3) is 5.94. The van der Waals surface area contributed by atoms with Crippen molar-refractivity contribution >= 4 is 0 Å². The maximum absolute atomic E-state index is 5.69. The maximum Gasteiger partial charge on any atom is 0.124 e. The minimum Gasteiger partial charge on any atom is -0.497 e. The van der Waals surface area contributed by atoms with E-state index in [-0.39, 0.29) is 0 Å². The molecule has 0 atom stereocenters. The van der Waals surface area contributed by atoms with Crippen LogP contribution in [0.4, 0.5) is 0 Å². The minimum absolute atomic E-state index is 0.431. The van der Waals surface area contributed by atoms with Crippen LogP contribution in [-0.4, -0.2) is 26.9 Å². The summed E-state index contributed by atoms with van der Waals surface area (Å²) in [7, 11) is 1.64. The molecule has 0 aliphatic carbocycles. The zero-order valence-corrected chi connectivity index (χ0v) is 12.1. The summed E-state index contributed by atoms with van der Waals surface area (Å²) in [5, 5.41) is 0. The molecule has 0 aromatic heterocycles. The van der Waals surface area contributed by atoms with Gasteiger partial charge in [0.15, 0.2) is 0 Å². The molecule has 0 radical (unpaired) electrons. The predicted octanol–water partition coefficient (Wildman–Crippen LogP) is 2.60. The van der Waals surface area contributed by atoms with E-state index in [0.29, 0.717) is 25.7 Å². The first-order valence-corrected chi connectivity index (χ1v) is 6.75. The van der Waals surface area contributed by atoms with Gasteiger partial charge in [0.05, 0.1) is 13.7 Å². The Labute approximate surface area is 115 Å². The van der Waals surface area contributed by atoms with E-state index in [4.69, 9.17) is 19.9 Å². The summed E-state index contributed by atoms with van der Waals surface area (Å²) in [5.74, 6) is 2.27. The molecule has 4 heteroatoms. The summed E-state index contributed by atoms with van der Waals surface area (Å²) in [5.41, 5.74) is 6.64. The molecule has 1 aromatic rings. The molecule has 0 saturated heterocycles. The van der Waals surface area contributed by atoms with Crippen LogP contribution in [0.5, 0.6) is 11.5 Å². The van der Waals surface area contributed by atoms with Crippen molar-refractivity contribution in [3.05, 3.63) is 23.8 Å². The Bertz CT molecular complexity index is 366. The van der Waals surface area contributed by atoms with E-state index in [9.17, 15) is 0 Å². The summed E-state index contributed by atoms with van der Waals surface area (Å²) >= 11 is 0. The number of hydrogen-bond acceptors (Lipinski definition) is 4. The molecule has 0 saturated carbocycles. The summed E-state index contributed by atoms with van der Waals surface area (Å²) in [4.78, 5) is 0. The highest BCUT2D eigenvalue weighted by atomic mass is 16.5. The smallest absolute Gasteiger partial charge is 0.124 e. The Balaban J connectivity index is 2.32. The normalized spacial score (nSPS) is 10.8. The Morgan fingerprint density at radius 3 is 2.58 bits per heavy atom. The second-order valence-electron chi connectivity index (χ2n) is 4.82. The monoisotopic (exact) mass is 267 g/mol. The highest BCUT2D eigenvalue weighted by Crippen LogP contribution is 2.23. The van der Waals surface area contributed by atoms with Gasteiger partial charge in [-0.2, -0.15) is 0 Å². The van der Waals surface area contributed by atoms with Crippen molar-refractivity contribution in [2.24, 2.45) is 11.7 Å². The third-order valence-corrected chi connectivity index (χ3v) is 2.81. The second-order valence-corrected chi connectivity index (χ2v) is 4.82. The fourth-order valence-corrected chi connectivity index (χ4v) is 1.61. The largest absolute Gasteiger partial charge is 0.497 e. The average Bonchev–Trinajstić information content (AvgIpc) is 2.42. The van der Waals surface area contributed by atoms with Gasteiger partial charge in [-0.05, 0) is 30.5 Å². The van der Waals surface area contributed by atoms with Gasteiger partial charge in [-0.25, -0.2) is 0 Å². The van der Waals surface area contributed by atoms with Crippen LogP contribution < -0.4 is 15.2 Å². The molecule has 0 bridgehead atoms. The van der Waals surface area contributed by atoms with Crippen molar-refractivity contribution in [2.75, 3.05) is 26.9 Å². The van der Waals surface area contributed by atoms with Crippen LogP contribution in [0.2, 0.25) is 0 Å². The fourth-order valence-electron chi connectivity index (χ4n) is 1.61. The number of ether oxygens (including phenoxy) is 3. The van der Waals surface area contributed by atoms with E-state index >= 15 is 0 Å². The molecule has 19 heavy (non-hydrogen) atoms. The van der Waals surface area contributed by atoms with Gasteiger partial charge in [0.25, 0.3) is 0 Å². The van der Waals surface area contributed by atoms with E-state index in [1.807, 2.05) is 18.2 Å². The summed E-state index contributed by atoms with van der Waals surface area (Å²) in [6.45, 7) is 6.73. The van der Waals surface area contributed by atoms with Gasteiger partial charge in [-0.3, -0.25) is 0 Å². The van der Waals surface area contributed by atoms with Crippen LogP contribution >= 0.6 is 0 Å². The highest BCUT2D eigenvalue weighted by molar-refractivity contribution is 5.40. The number of methoxy groups -OCH3 is 1. The van der Waals surface area contributed by atoms with Crippen molar-refractivity contribution in [1.82, 2.24) is 0 Å². The SMILES string of the molecule is COc1ccc(OCCOCCC(C)C)c(CN)c1. The van der Waals surface area contributed by atoms with Crippen LogP contribution in [-0.2, 0) is 11.3 Å². The van der Waals surface area contributed by atoms with Gasteiger partial charge in [-0.1, -0.05) is 13.8 Å². The van der Waals surface area contributed by atoms with Crippen molar-refractivity contribution in [1.29, 1.82) is 0 Å². The Kier molecular flexibility index (Phi) is 7.30. The van der Waals surface area contributed by atoms with Crippen molar-refractivity contribution in [3.8, 4) is 11.5 Å². The molecule has 0 aliphatic heterocycles. The molecular weight excluding hydrogens is 242 g/mol. The van der Waals surface area contributed by atoms with E-state index in [1.165, 1.54) is 0 Å². The molecular formula is C15H25NO3. The Morgan fingerprint density at radius 1 is 1.16 bits per heavy atom. The summed E-state index contributed by atoms with van der Waals surface area (Å²) in [6, 6.07) is 5.65. The molecule has 0 spiro atoms. The molecule has 108 valence electrons. The lowest BCUT2D eigenvalue weighted by Crippen LogP contribution is -2.10. The quantitative estimate of drug-likeness (QED) is 0.699. The van der Waals surface area contributed by atoms with Crippen molar-refractivity contribution < 1.29 is 14.2 Å². The van der Waals surface area contributed by atoms with Gasteiger partial charge in [0, 0.05) is 18.7 Å². The number of rotatable bonds is 9. The minimum atomic E-state index is 0.431. The molecule has 0 heterocycles. The van der Waals surface area contributed by atoms with Crippen LogP contribution in [0.15, 0.2) is 18.2 Å². The first-order valence-electron chi connectivity index (χ1n) is 6.75. The maximum atomic E-state index is 5.69. The van der Waals surface area contributed by atoms with Crippen LogP contribution in [0.25, 0.3) is 0 Å². The van der Waals surface area contributed by atoms with E-state index < -0.39 is 0 Å². The van der Waals surface area contributed by atoms with Gasteiger partial charge in [0.1, 0.15) is 18.1 Å².